The standard InChI is InChI=1S/C14H22N2O/c1-11(2)17-14-10-13(5-4-12(14)3)16-8-6-15-7-9-16/h4-5,10-11,15H,6-9H2,1-3H3. The molecule has 1 N–H and O–H groups in total. The highest BCUT2D eigenvalue weighted by molar-refractivity contribution is 5.54. The maximum absolute atomic E-state index is 5.83. The van der Waals surface area contributed by atoms with E-state index < -0.39 is 0 Å². The van der Waals surface area contributed by atoms with Crippen molar-refractivity contribution in [3.05, 3.63) is 23.8 Å². The first kappa shape index (κ1) is 12.2. The maximum atomic E-state index is 5.83. The monoisotopic (exact) mass is 234 g/mol. The normalized spacial score (nSPS) is 16.4. The zero-order valence-corrected chi connectivity index (χ0v) is 11.0. The second kappa shape index (κ2) is 5.41. The van der Waals surface area contributed by atoms with Crippen molar-refractivity contribution in [1.82, 2.24) is 5.32 Å². The van der Waals surface area contributed by atoms with Crippen LogP contribution in [0.4, 0.5) is 5.69 Å². The van der Waals surface area contributed by atoms with Crippen LogP contribution in [0.3, 0.4) is 0 Å². The summed E-state index contributed by atoms with van der Waals surface area (Å²) in [4.78, 5) is 2.41. The van der Waals surface area contributed by atoms with Gasteiger partial charge in [0, 0.05) is 37.9 Å². The van der Waals surface area contributed by atoms with E-state index in [0.29, 0.717) is 0 Å². The molecular weight excluding hydrogens is 212 g/mol. The molecule has 1 aliphatic heterocycles. The van der Waals surface area contributed by atoms with Crippen molar-refractivity contribution >= 4 is 5.69 Å². The Morgan fingerprint density at radius 3 is 2.59 bits per heavy atom. The maximum Gasteiger partial charge on any atom is 0.124 e. The van der Waals surface area contributed by atoms with Crippen LogP contribution < -0.4 is 15.0 Å². The van der Waals surface area contributed by atoms with Crippen LogP contribution in [0.1, 0.15) is 19.4 Å². The summed E-state index contributed by atoms with van der Waals surface area (Å²) in [5.41, 5.74) is 2.48. The van der Waals surface area contributed by atoms with Gasteiger partial charge in [0.15, 0.2) is 0 Å². The molecule has 1 heterocycles. The van der Waals surface area contributed by atoms with Gasteiger partial charge in [0.1, 0.15) is 5.75 Å². The molecule has 1 aromatic rings. The van der Waals surface area contributed by atoms with E-state index in [0.717, 1.165) is 31.9 Å². The van der Waals surface area contributed by atoms with E-state index in [9.17, 15) is 0 Å². The highest BCUT2D eigenvalue weighted by Crippen LogP contribution is 2.26. The van der Waals surface area contributed by atoms with Gasteiger partial charge < -0.3 is 15.0 Å². The zero-order valence-electron chi connectivity index (χ0n) is 11.0. The fourth-order valence-electron chi connectivity index (χ4n) is 2.09. The molecule has 1 aromatic carbocycles. The molecule has 3 heteroatoms. The smallest absolute Gasteiger partial charge is 0.124 e. The number of rotatable bonds is 3. The largest absolute Gasteiger partial charge is 0.491 e. The Kier molecular flexibility index (Phi) is 3.89. The van der Waals surface area contributed by atoms with Gasteiger partial charge in [0.25, 0.3) is 0 Å². The summed E-state index contributed by atoms with van der Waals surface area (Å²) in [6.07, 6.45) is 0.229. The number of piperazine rings is 1. The van der Waals surface area contributed by atoms with E-state index in [1.165, 1.54) is 11.3 Å². The number of aryl methyl sites for hydroxylation is 1. The molecule has 2 rings (SSSR count). The summed E-state index contributed by atoms with van der Waals surface area (Å²) < 4.78 is 5.83. The SMILES string of the molecule is Cc1ccc(N2CCNCC2)cc1OC(C)C. The molecule has 0 radical (unpaired) electrons. The molecule has 1 fully saturated rings. The number of anilines is 1. The van der Waals surface area contributed by atoms with Crippen LogP contribution in [-0.4, -0.2) is 32.3 Å². The van der Waals surface area contributed by atoms with Crippen LogP contribution in [-0.2, 0) is 0 Å². The average molecular weight is 234 g/mol. The lowest BCUT2D eigenvalue weighted by Crippen LogP contribution is -2.43. The molecule has 1 saturated heterocycles. The first-order valence-electron chi connectivity index (χ1n) is 6.40. The predicted molar refractivity (Wildman–Crippen MR) is 72.0 cm³/mol. The van der Waals surface area contributed by atoms with Crippen LogP contribution in [0.15, 0.2) is 18.2 Å². The zero-order chi connectivity index (χ0) is 12.3. The van der Waals surface area contributed by atoms with E-state index in [1.54, 1.807) is 0 Å². The lowest BCUT2D eigenvalue weighted by atomic mass is 10.1. The van der Waals surface area contributed by atoms with Crippen molar-refractivity contribution in [2.75, 3.05) is 31.1 Å². The van der Waals surface area contributed by atoms with Gasteiger partial charge in [-0.25, -0.2) is 0 Å². The minimum absolute atomic E-state index is 0.229. The van der Waals surface area contributed by atoms with Gasteiger partial charge in [-0.2, -0.15) is 0 Å². The first-order chi connectivity index (χ1) is 8.16. The third kappa shape index (κ3) is 3.13. The quantitative estimate of drug-likeness (QED) is 0.867. The van der Waals surface area contributed by atoms with Crippen LogP contribution in [0.5, 0.6) is 5.75 Å². The molecule has 3 nitrogen and oxygen atoms in total. The molecule has 0 atom stereocenters. The van der Waals surface area contributed by atoms with E-state index in [4.69, 9.17) is 4.74 Å². The van der Waals surface area contributed by atoms with Crippen molar-refractivity contribution in [3.63, 3.8) is 0 Å². The minimum atomic E-state index is 0.229. The molecular formula is C14H22N2O. The molecule has 1 aliphatic rings. The Labute approximate surface area is 104 Å². The van der Waals surface area contributed by atoms with Crippen LogP contribution in [0.2, 0.25) is 0 Å². The molecule has 0 amide bonds. The third-order valence-corrected chi connectivity index (χ3v) is 3.02. The summed E-state index contributed by atoms with van der Waals surface area (Å²) in [6.45, 7) is 10.5. The molecule has 0 bridgehead atoms. The van der Waals surface area contributed by atoms with Crippen molar-refractivity contribution in [3.8, 4) is 5.75 Å². The van der Waals surface area contributed by atoms with Crippen LogP contribution in [0, 0.1) is 6.92 Å². The lowest BCUT2D eigenvalue weighted by Gasteiger charge is -2.30. The summed E-state index contributed by atoms with van der Waals surface area (Å²) in [5, 5.41) is 3.37. The number of hydrogen-bond donors (Lipinski definition) is 1. The predicted octanol–water partition coefficient (Wildman–Crippen LogP) is 2.19. The molecule has 0 saturated carbocycles. The Balaban J connectivity index is 2.17. The van der Waals surface area contributed by atoms with E-state index >= 15 is 0 Å². The lowest BCUT2D eigenvalue weighted by molar-refractivity contribution is 0.241. The highest BCUT2D eigenvalue weighted by Gasteiger charge is 2.12. The molecule has 0 aromatic heterocycles. The fourth-order valence-corrected chi connectivity index (χ4v) is 2.09. The topological polar surface area (TPSA) is 24.5 Å². The van der Waals surface area contributed by atoms with Gasteiger partial charge in [-0.3, -0.25) is 0 Å². The van der Waals surface area contributed by atoms with Gasteiger partial charge in [0.05, 0.1) is 6.10 Å². The van der Waals surface area contributed by atoms with E-state index in [-0.39, 0.29) is 6.10 Å². The Morgan fingerprint density at radius 1 is 1.24 bits per heavy atom. The Morgan fingerprint density at radius 2 is 1.94 bits per heavy atom. The van der Waals surface area contributed by atoms with Crippen molar-refractivity contribution < 1.29 is 4.74 Å². The number of benzene rings is 1. The number of nitrogens with zero attached hydrogens (tertiary/aromatic N) is 1. The van der Waals surface area contributed by atoms with Crippen molar-refractivity contribution in [2.45, 2.75) is 26.9 Å². The first-order valence-corrected chi connectivity index (χ1v) is 6.40. The minimum Gasteiger partial charge on any atom is -0.491 e. The Bertz CT molecular complexity index is 370. The molecule has 17 heavy (non-hydrogen) atoms. The molecule has 94 valence electrons. The van der Waals surface area contributed by atoms with Gasteiger partial charge in [0.2, 0.25) is 0 Å². The van der Waals surface area contributed by atoms with Crippen LogP contribution >= 0.6 is 0 Å². The average Bonchev–Trinajstić information content (AvgIpc) is 2.32. The van der Waals surface area contributed by atoms with E-state index in [2.05, 4.69) is 49.2 Å². The summed E-state index contributed by atoms with van der Waals surface area (Å²) >= 11 is 0. The van der Waals surface area contributed by atoms with E-state index in [1.807, 2.05) is 0 Å². The van der Waals surface area contributed by atoms with Gasteiger partial charge >= 0.3 is 0 Å². The molecule has 0 aliphatic carbocycles. The van der Waals surface area contributed by atoms with Gasteiger partial charge in [-0.15, -0.1) is 0 Å². The summed E-state index contributed by atoms with van der Waals surface area (Å²) in [7, 11) is 0. The van der Waals surface area contributed by atoms with Gasteiger partial charge in [-0.05, 0) is 32.4 Å². The number of hydrogen-bond acceptors (Lipinski definition) is 3. The fraction of sp³-hybridized carbons (Fsp3) is 0.571. The second-order valence-corrected chi connectivity index (χ2v) is 4.85. The van der Waals surface area contributed by atoms with Crippen molar-refractivity contribution in [1.29, 1.82) is 0 Å². The summed E-state index contributed by atoms with van der Waals surface area (Å²) in [5.74, 6) is 1.01. The van der Waals surface area contributed by atoms with Crippen molar-refractivity contribution in [2.24, 2.45) is 0 Å². The third-order valence-electron chi connectivity index (χ3n) is 3.02. The summed E-state index contributed by atoms with van der Waals surface area (Å²) in [6, 6.07) is 6.50. The highest BCUT2D eigenvalue weighted by atomic mass is 16.5. The van der Waals surface area contributed by atoms with Gasteiger partial charge in [-0.1, -0.05) is 6.07 Å². The van der Waals surface area contributed by atoms with Crippen LogP contribution in [0.25, 0.3) is 0 Å². The molecule has 0 spiro atoms. The second-order valence-electron chi connectivity index (χ2n) is 4.85. The molecule has 0 unspecified atom stereocenters. The number of ether oxygens (including phenoxy) is 1. The Hall–Kier alpha value is -1.22. The number of nitrogens with one attached hydrogen (secondary N) is 1.